The van der Waals surface area contributed by atoms with Gasteiger partial charge >= 0.3 is 0 Å². The van der Waals surface area contributed by atoms with Crippen LogP contribution < -0.4 is 11.1 Å². The van der Waals surface area contributed by atoms with Gasteiger partial charge in [-0.1, -0.05) is 0 Å². The molecule has 0 atom stereocenters. The maximum absolute atomic E-state index is 11.5. The number of aliphatic hydroxyl groups excluding tert-OH is 1. The molecule has 0 unspecified atom stereocenters. The predicted octanol–water partition coefficient (Wildman–Crippen LogP) is -0.731. The lowest BCUT2D eigenvalue weighted by atomic mass is 10.3. The summed E-state index contributed by atoms with van der Waals surface area (Å²) in [6.45, 7) is 1.53. The van der Waals surface area contributed by atoms with Crippen LogP contribution in [0.3, 0.4) is 0 Å². The highest BCUT2D eigenvalue weighted by molar-refractivity contribution is 7.09. The minimum Gasteiger partial charge on any atom is -0.394 e. The number of nitrogens with two attached hydrogens (primary N) is 1. The molecule has 6 nitrogen and oxygen atoms in total. The van der Waals surface area contributed by atoms with Gasteiger partial charge in [-0.15, -0.1) is 11.3 Å². The second-order valence-corrected chi connectivity index (χ2v) is 4.24. The lowest BCUT2D eigenvalue weighted by Crippen LogP contribution is -2.29. The van der Waals surface area contributed by atoms with E-state index in [4.69, 9.17) is 15.6 Å². The van der Waals surface area contributed by atoms with E-state index >= 15 is 0 Å². The van der Waals surface area contributed by atoms with E-state index in [9.17, 15) is 4.79 Å². The number of nitrogens with zero attached hydrogens (tertiary/aromatic N) is 1. The first-order valence-corrected chi connectivity index (χ1v) is 6.23. The molecular formula is C10H17N3O3S. The maximum Gasteiger partial charge on any atom is 0.226 e. The number of amides is 1. The Hall–Kier alpha value is -1.02. The first kappa shape index (κ1) is 14.0. The molecule has 0 saturated heterocycles. The van der Waals surface area contributed by atoms with Gasteiger partial charge in [0.05, 0.1) is 31.9 Å². The highest BCUT2D eigenvalue weighted by Gasteiger charge is 2.06. The van der Waals surface area contributed by atoms with Crippen LogP contribution in [0.25, 0.3) is 0 Å². The molecule has 96 valence electrons. The molecule has 1 amide bonds. The lowest BCUT2D eigenvalue weighted by Gasteiger charge is -2.04. The van der Waals surface area contributed by atoms with E-state index in [-0.39, 0.29) is 18.9 Å². The zero-order valence-electron chi connectivity index (χ0n) is 9.52. The van der Waals surface area contributed by atoms with Crippen molar-refractivity contribution in [3.05, 3.63) is 16.1 Å². The van der Waals surface area contributed by atoms with Crippen LogP contribution in [-0.4, -0.2) is 42.4 Å². The summed E-state index contributed by atoms with van der Waals surface area (Å²) in [5, 5.41) is 13.8. The standard InChI is InChI=1S/C10H17N3O3S/c11-6-10-13-8(7-17-10)5-9(15)12-1-3-16-4-2-14/h7,14H,1-6,11H2,(H,12,15). The van der Waals surface area contributed by atoms with Crippen molar-refractivity contribution in [1.82, 2.24) is 10.3 Å². The number of aromatic nitrogens is 1. The zero-order valence-corrected chi connectivity index (χ0v) is 10.3. The Kier molecular flexibility index (Phi) is 6.71. The summed E-state index contributed by atoms with van der Waals surface area (Å²) < 4.78 is 5.01. The van der Waals surface area contributed by atoms with Crippen LogP contribution in [0.1, 0.15) is 10.7 Å². The molecule has 0 radical (unpaired) electrons. The molecule has 0 bridgehead atoms. The van der Waals surface area contributed by atoms with E-state index in [0.717, 1.165) is 10.7 Å². The predicted molar refractivity (Wildman–Crippen MR) is 64.6 cm³/mol. The van der Waals surface area contributed by atoms with Crippen LogP contribution in [0, 0.1) is 0 Å². The molecule has 0 aliphatic carbocycles. The number of carbonyl (C=O) groups is 1. The Morgan fingerprint density at radius 1 is 1.59 bits per heavy atom. The fraction of sp³-hybridized carbons (Fsp3) is 0.600. The highest BCUT2D eigenvalue weighted by atomic mass is 32.1. The van der Waals surface area contributed by atoms with Gasteiger partial charge in [0.15, 0.2) is 0 Å². The molecule has 1 heterocycles. The Morgan fingerprint density at radius 3 is 3.06 bits per heavy atom. The number of ether oxygens (including phenoxy) is 1. The van der Waals surface area contributed by atoms with E-state index in [2.05, 4.69) is 10.3 Å². The number of aliphatic hydroxyl groups is 1. The van der Waals surface area contributed by atoms with Crippen molar-refractivity contribution < 1.29 is 14.6 Å². The molecule has 1 aromatic heterocycles. The van der Waals surface area contributed by atoms with Crippen molar-refractivity contribution >= 4 is 17.2 Å². The molecule has 0 aromatic carbocycles. The van der Waals surface area contributed by atoms with Crippen LogP contribution in [0.4, 0.5) is 0 Å². The summed E-state index contributed by atoms with van der Waals surface area (Å²) in [7, 11) is 0. The second kappa shape index (κ2) is 8.13. The first-order valence-electron chi connectivity index (χ1n) is 5.35. The van der Waals surface area contributed by atoms with Crippen LogP contribution in [0.2, 0.25) is 0 Å². The molecule has 7 heteroatoms. The third kappa shape index (κ3) is 5.73. The van der Waals surface area contributed by atoms with Crippen molar-refractivity contribution in [2.75, 3.05) is 26.4 Å². The molecule has 0 fully saturated rings. The number of hydrogen-bond donors (Lipinski definition) is 3. The first-order chi connectivity index (χ1) is 8.26. The molecule has 0 aliphatic rings. The average Bonchev–Trinajstić information content (AvgIpc) is 2.76. The van der Waals surface area contributed by atoms with Gasteiger partial charge in [-0.2, -0.15) is 0 Å². The largest absolute Gasteiger partial charge is 0.394 e. The third-order valence-corrected chi connectivity index (χ3v) is 2.84. The summed E-state index contributed by atoms with van der Waals surface area (Å²) in [4.78, 5) is 15.7. The van der Waals surface area contributed by atoms with Gasteiger partial charge < -0.3 is 20.9 Å². The number of thiazole rings is 1. The second-order valence-electron chi connectivity index (χ2n) is 3.30. The van der Waals surface area contributed by atoms with E-state index in [1.54, 1.807) is 0 Å². The quantitative estimate of drug-likeness (QED) is 0.535. The van der Waals surface area contributed by atoms with Gasteiger partial charge in [0.1, 0.15) is 5.01 Å². The van der Waals surface area contributed by atoms with Gasteiger partial charge in [-0.25, -0.2) is 4.98 Å². The Morgan fingerprint density at radius 2 is 2.41 bits per heavy atom. The molecule has 17 heavy (non-hydrogen) atoms. The third-order valence-electron chi connectivity index (χ3n) is 1.92. The van der Waals surface area contributed by atoms with Crippen LogP contribution in [0.15, 0.2) is 5.38 Å². The van der Waals surface area contributed by atoms with Crippen molar-refractivity contribution in [3.8, 4) is 0 Å². The summed E-state index contributed by atoms with van der Waals surface area (Å²) >= 11 is 1.46. The van der Waals surface area contributed by atoms with Gasteiger partial charge in [-0.05, 0) is 0 Å². The van der Waals surface area contributed by atoms with E-state index < -0.39 is 0 Å². The Labute approximate surface area is 104 Å². The topological polar surface area (TPSA) is 97.5 Å². The summed E-state index contributed by atoms with van der Waals surface area (Å²) in [5.74, 6) is -0.0912. The minimum absolute atomic E-state index is 0.00532. The summed E-state index contributed by atoms with van der Waals surface area (Å²) in [6, 6.07) is 0. The normalized spacial score (nSPS) is 10.5. The van der Waals surface area contributed by atoms with Gasteiger partial charge in [0.25, 0.3) is 0 Å². The van der Waals surface area contributed by atoms with Crippen molar-refractivity contribution in [1.29, 1.82) is 0 Å². The van der Waals surface area contributed by atoms with Crippen molar-refractivity contribution in [2.24, 2.45) is 5.73 Å². The highest BCUT2D eigenvalue weighted by Crippen LogP contribution is 2.08. The summed E-state index contributed by atoms with van der Waals surface area (Å²) in [6.07, 6.45) is 0.260. The zero-order chi connectivity index (χ0) is 12.5. The summed E-state index contributed by atoms with van der Waals surface area (Å²) in [5.41, 5.74) is 6.17. The van der Waals surface area contributed by atoms with Gasteiger partial charge in [0.2, 0.25) is 5.91 Å². The van der Waals surface area contributed by atoms with Gasteiger partial charge in [0, 0.05) is 18.5 Å². The number of rotatable bonds is 8. The fourth-order valence-electron chi connectivity index (χ4n) is 1.18. The lowest BCUT2D eigenvalue weighted by molar-refractivity contribution is -0.120. The molecule has 4 N–H and O–H groups in total. The van der Waals surface area contributed by atoms with Crippen LogP contribution in [0.5, 0.6) is 0 Å². The van der Waals surface area contributed by atoms with Gasteiger partial charge in [-0.3, -0.25) is 4.79 Å². The molecule has 1 aromatic rings. The number of hydrogen-bond acceptors (Lipinski definition) is 6. The van der Waals surface area contributed by atoms with Crippen molar-refractivity contribution in [3.63, 3.8) is 0 Å². The molecule has 0 saturated carbocycles. The smallest absolute Gasteiger partial charge is 0.226 e. The van der Waals surface area contributed by atoms with E-state index in [1.807, 2.05) is 5.38 Å². The molecular weight excluding hydrogens is 242 g/mol. The fourth-order valence-corrected chi connectivity index (χ4v) is 1.85. The number of carbonyl (C=O) groups excluding carboxylic acids is 1. The number of nitrogens with one attached hydrogen (secondary N) is 1. The molecule has 0 spiro atoms. The maximum atomic E-state index is 11.5. The monoisotopic (exact) mass is 259 g/mol. The van der Waals surface area contributed by atoms with Crippen LogP contribution >= 0.6 is 11.3 Å². The molecule has 1 rings (SSSR count). The van der Waals surface area contributed by atoms with Crippen LogP contribution in [-0.2, 0) is 22.5 Å². The van der Waals surface area contributed by atoms with E-state index in [0.29, 0.717) is 26.3 Å². The molecule has 0 aliphatic heterocycles. The Bertz CT molecular complexity index is 343. The minimum atomic E-state index is -0.0912. The average molecular weight is 259 g/mol. The SMILES string of the molecule is NCc1nc(CC(=O)NCCOCCO)cs1. The Balaban J connectivity index is 2.16. The van der Waals surface area contributed by atoms with E-state index in [1.165, 1.54) is 11.3 Å². The van der Waals surface area contributed by atoms with Crippen molar-refractivity contribution in [2.45, 2.75) is 13.0 Å².